The molecule has 2 aromatic heterocycles. The number of amides is 2. The van der Waals surface area contributed by atoms with Crippen molar-refractivity contribution in [1.82, 2.24) is 9.97 Å². The van der Waals surface area contributed by atoms with Crippen LogP contribution in [0.1, 0.15) is 20.4 Å². The van der Waals surface area contributed by atoms with Crippen LogP contribution in [0.4, 0.5) is 5.82 Å². The van der Waals surface area contributed by atoms with E-state index in [1.54, 1.807) is 30.6 Å². The van der Waals surface area contributed by atoms with Gasteiger partial charge in [0.05, 0.1) is 12.3 Å². The smallest absolute Gasteiger partial charge is 0.238 e. The van der Waals surface area contributed by atoms with E-state index in [2.05, 4.69) is 9.97 Å². The average Bonchev–Trinajstić information content (AvgIpc) is 3.08. The van der Waals surface area contributed by atoms with Crippen LogP contribution in [-0.4, -0.2) is 26.9 Å². The van der Waals surface area contributed by atoms with Crippen LogP contribution >= 0.6 is 11.3 Å². The monoisotopic (exact) mass is 304 g/mol. The fraction of sp³-hybridized carbons (Fsp3) is 0.286. The number of thiazole rings is 1. The van der Waals surface area contributed by atoms with Crippen molar-refractivity contribution >= 4 is 29.0 Å². The molecule has 3 rings (SSSR count). The first-order valence-corrected chi connectivity index (χ1v) is 7.22. The van der Waals surface area contributed by atoms with Gasteiger partial charge in [0, 0.05) is 30.8 Å². The Morgan fingerprint density at radius 1 is 1.52 bits per heavy atom. The molecule has 6 nitrogen and oxygen atoms in total. The molecule has 1 fully saturated rings. The molecule has 2 amide bonds. The highest BCUT2D eigenvalue weighted by atomic mass is 32.1. The quantitative estimate of drug-likeness (QED) is 0.871. The third-order valence-electron chi connectivity index (χ3n) is 3.18. The van der Waals surface area contributed by atoms with E-state index >= 15 is 0 Å². The SMILES string of the molecule is [2H]C1C(=O)N(c2csc(-c3ccc(CO)nc3)n2)C(=O)C1C. The van der Waals surface area contributed by atoms with E-state index in [-0.39, 0.29) is 12.4 Å². The highest BCUT2D eigenvalue weighted by Gasteiger charge is 2.37. The van der Waals surface area contributed by atoms with Crippen molar-refractivity contribution in [3.63, 3.8) is 0 Å². The second-order valence-corrected chi connectivity index (χ2v) is 5.53. The summed E-state index contributed by atoms with van der Waals surface area (Å²) in [5, 5.41) is 11.2. The lowest BCUT2D eigenvalue weighted by molar-refractivity contribution is -0.122. The van der Waals surface area contributed by atoms with E-state index < -0.39 is 24.1 Å². The van der Waals surface area contributed by atoms with Crippen molar-refractivity contribution in [3.05, 3.63) is 29.4 Å². The predicted octanol–water partition coefficient (Wildman–Crippen LogP) is 1.60. The molecule has 0 aliphatic carbocycles. The van der Waals surface area contributed by atoms with E-state index in [1.807, 2.05) is 0 Å². The molecule has 7 heteroatoms. The van der Waals surface area contributed by atoms with Gasteiger partial charge in [-0.25, -0.2) is 9.88 Å². The van der Waals surface area contributed by atoms with Crippen molar-refractivity contribution in [2.45, 2.75) is 19.9 Å². The molecule has 1 saturated heterocycles. The molecular formula is C14H13N3O3S. The summed E-state index contributed by atoms with van der Waals surface area (Å²) in [6.07, 6.45) is 0.515. The summed E-state index contributed by atoms with van der Waals surface area (Å²) in [6.45, 7) is 1.44. The number of aliphatic hydroxyl groups excluding tert-OH is 1. The number of hydrogen-bond acceptors (Lipinski definition) is 6. The summed E-state index contributed by atoms with van der Waals surface area (Å²) in [5.41, 5.74) is 1.29. The lowest BCUT2D eigenvalue weighted by atomic mass is 10.1. The van der Waals surface area contributed by atoms with Crippen LogP contribution in [0.3, 0.4) is 0 Å². The molecule has 0 spiro atoms. The van der Waals surface area contributed by atoms with E-state index in [1.165, 1.54) is 11.3 Å². The molecule has 108 valence electrons. The highest BCUT2D eigenvalue weighted by Crippen LogP contribution is 2.31. The molecule has 1 aliphatic heterocycles. The fourth-order valence-electron chi connectivity index (χ4n) is 2.04. The largest absolute Gasteiger partial charge is 0.390 e. The molecular weight excluding hydrogens is 290 g/mol. The van der Waals surface area contributed by atoms with Crippen molar-refractivity contribution in [2.75, 3.05) is 4.90 Å². The molecule has 21 heavy (non-hydrogen) atoms. The number of anilines is 1. The second-order valence-electron chi connectivity index (χ2n) is 4.67. The van der Waals surface area contributed by atoms with Gasteiger partial charge in [0.15, 0.2) is 5.82 Å². The molecule has 1 aliphatic rings. The minimum atomic E-state index is -1.07. The third-order valence-corrected chi connectivity index (χ3v) is 4.06. The molecule has 0 radical (unpaired) electrons. The summed E-state index contributed by atoms with van der Waals surface area (Å²) >= 11 is 1.29. The Labute approximate surface area is 126 Å². The summed E-state index contributed by atoms with van der Waals surface area (Å²) in [5.74, 6) is -1.33. The number of aromatic nitrogens is 2. The van der Waals surface area contributed by atoms with Gasteiger partial charge in [0.1, 0.15) is 5.01 Å². The number of hydrogen-bond donors (Lipinski definition) is 1. The maximum Gasteiger partial charge on any atom is 0.238 e. The van der Waals surface area contributed by atoms with E-state index in [4.69, 9.17) is 6.48 Å². The van der Waals surface area contributed by atoms with Gasteiger partial charge in [0.25, 0.3) is 0 Å². The van der Waals surface area contributed by atoms with Gasteiger partial charge in [0.2, 0.25) is 11.8 Å². The Morgan fingerprint density at radius 2 is 2.33 bits per heavy atom. The van der Waals surface area contributed by atoms with Gasteiger partial charge in [-0.15, -0.1) is 11.3 Å². The number of aliphatic hydroxyl groups is 1. The van der Waals surface area contributed by atoms with Crippen LogP contribution in [0, 0.1) is 5.92 Å². The standard InChI is InChI=1S/C14H13N3O3S/c1-8-4-12(19)17(14(8)20)11-7-21-13(16-11)9-2-3-10(6-18)15-5-9/h2-3,5,7-8,18H,4,6H2,1H3/i4D. The molecule has 1 N–H and O–H groups in total. The number of nitrogens with zero attached hydrogens (tertiary/aromatic N) is 3. The van der Waals surface area contributed by atoms with Gasteiger partial charge in [-0.1, -0.05) is 6.92 Å². The maximum absolute atomic E-state index is 12.1. The first kappa shape index (κ1) is 12.6. The number of rotatable bonds is 3. The third kappa shape index (κ3) is 2.45. The van der Waals surface area contributed by atoms with Gasteiger partial charge in [-0.05, 0) is 12.1 Å². The Bertz CT molecular complexity index is 711. The fourth-order valence-corrected chi connectivity index (χ4v) is 2.82. The van der Waals surface area contributed by atoms with E-state index in [9.17, 15) is 9.59 Å². The maximum atomic E-state index is 12.1. The minimum Gasteiger partial charge on any atom is -0.390 e. The van der Waals surface area contributed by atoms with Gasteiger partial charge in [-0.3, -0.25) is 14.6 Å². The number of pyridine rings is 1. The Hall–Kier alpha value is -2.12. The second kappa shape index (κ2) is 5.34. The number of carbonyl (C=O) groups excluding carboxylic acids is 2. The van der Waals surface area contributed by atoms with Crippen LogP contribution in [0.15, 0.2) is 23.7 Å². The molecule has 2 aromatic rings. The number of imide groups is 1. The zero-order valence-corrected chi connectivity index (χ0v) is 12.0. The topological polar surface area (TPSA) is 83.4 Å². The Kier molecular flexibility index (Phi) is 3.21. The van der Waals surface area contributed by atoms with Crippen LogP contribution in [0.5, 0.6) is 0 Å². The summed E-state index contributed by atoms with van der Waals surface area (Å²) in [4.78, 5) is 33.4. The van der Waals surface area contributed by atoms with Crippen LogP contribution in [0.25, 0.3) is 10.6 Å². The first-order valence-electron chi connectivity index (χ1n) is 6.92. The summed E-state index contributed by atoms with van der Waals surface area (Å²) in [6, 6.07) is 3.45. The van der Waals surface area contributed by atoms with E-state index in [0.717, 1.165) is 10.5 Å². The van der Waals surface area contributed by atoms with Crippen molar-refractivity contribution in [3.8, 4) is 10.6 Å². The zero-order valence-electron chi connectivity index (χ0n) is 12.2. The highest BCUT2D eigenvalue weighted by molar-refractivity contribution is 7.13. The van der Waals surface area contributed by atoms with Gasteiger partial charge in [-0.2, -0.15) is 0 Å². The zero-order chi connectivity index (χ0) is 15.9. The molecule has 2 atom stereocenters. The first-order chi connectivity index (χ1) is 10.5. The predicted molar refractivity (Wildman–Crippen MR) is 77.5 cm³/mol. The van der Waals surface area contributed by atoms with Gasteiger partial charge >= 0.3 is 0 Å². The molecule has 0 aromatic carbocycles. The Morgan fingerprint density at radius 3 is 2.90 bits per heavy atom. The van der Waals surface area contributed by atoms with E-state index in [0.29, 0.717) is 10.7 Å². The lowest BCUT2D eigenvalue weighted by Crippen LogP contribution is -2.30. The van der Waals surface area contributed by atoms with Crippen molar-refractivity contribution in [1.29, 1.82) is 0 Å². The Balaban J connectivity index is 1.90. The van der Waals surface area contributed by atoms with Crippen LogP contribution in [-0.2, 0) is 16.2 Å². The minimum absolute atomic E-state index is 0.136. The van der Waals surface area contributed by atoms with Crippen LogP contribution < -0.4 is 4.90 Å². The van der Waals surface area contributed by atoms with Crippen LogP contribution in [0.2, 0.25) is 0 Å². The van der Waals surface area contributed by atoms with Gasteiger partial charge < -0.3 is 5.11 Å². The summed E-state index contributed by atoms with van der Waals surface area (Å²) in [7, 11) is 0. The number of carbonyl (C=O) groups is 2. The lowest BCUT2D eigenvalue weighted by Gasteiger charge is -2.10. The molecule has 3 heterocycles. The molecule has 2 unspecified atom stereocenters. The van der Waals surface area contributed by atoms with Crippen molar-refractivity contribution < 1.29 is 16.1 Å². The van der Waals surface area contributed by atoms with Crippen molar-refractivity contribution in [2.24, 2.45) is 5.92 Å². The summed E-state index contributed by atoms with van der Waals surface area (Å²) < 4.78 is 7.70. The molecule has 0 saturated carbocycles. The normalized spacial score (nSPS) is 22.8. The average molecular weight is 304 g/mol. The molecule has 0 bridgehead atoms.